The first-order chi connectivity index (χ1) is 12.2. The second-order valence-electron chi connectivity index (χ2n) is 5.46. The van der Waals surface area contributed by atoms with Crippen LogP contribution < -0.4 is 14.2 Å². The van der Waals surface area contributed by atoms with Crippen LogP contribution >= 0.6 is 11.6 Å². The van der Waals surface area contributed by atoms with Gasteiger partial charge in [-0.2, -0.15) is 13.2 Å². The van der Waals surface area contributed by atoms with Crippen molar-refractivity contribution in [2.24, 2.45) is 0 Å². The fourth-order valence-electron chi connectivity index (χ4n) is 2.32. The Balaban J connectivity index is 1.94. The molecule has 2 aromatic rings. The lowest BCUT2D eigenvalue weighted by molar-refractivity contribution is -0.137. The summed E-state index contributed by atoms with van der Waals surface area (Å²) >= 11 is 5.80. The molecule has 0 bridgehead atoms. The maximum absolute atomic E-state index is 12.9. The van der Waals surface area contributed by atoms with Gasteiger partial charge >= 0.3 is 6.18 Å². The van der Waals surface area contributed by atoms with Crippen molar-refractivity contribution in [3.8, 4) is 11.5 Å². The van der Waals surface area contributed by atoms with Gasteiger partial charge in [-0.25, -0.2) is 8.42 Å². The van der Waals surface area contributed by atoms with E-state index in [0.29, 0.717) is 37.2 Å². The highest BCUT2D eigenvalue weighted by molar-refractivity contribution is 7.92. The number of alkyl halides is 3. The molecule has 1 N–H and O–H groups in total. The van der Waals surface area contributed by atoms with Crippen LogP contribution in [-0.4, -0.2) is 21.6 Å². The molecule has 5 nitrogen and oxygen atoms in total. The molecule has 0 fully saturated rings. The molecular formula is C16H13ClF3NO4S. The maximum atomic E-state index is 12.9. The Morgan fingerprint density at radius 3 is 2.38 bits per heavy atom. The third-order valence-electron chi connectivity index (χ3n) is 3.55. The molecule has 1 aliphatic heterocycles. The van der Waals surface area contributed by atoms with Gasteiger partial charge in [0.15, 0.2) is 11.5 Å². The van der Waals surface area contributed by atoms with Crippen molar-refractivity contribution >= 4 is 27.3 Å². The second-order valence-corrected chi connectivity index (χ2v) is 7.52. The van der Waals surface area contributed by atoms with E-state index in [1.807, 2.05) is 0 Å². The largest absolute Gasteiger partial charge is 0.490 e. The van der Waals surface area contributed by atoms with Crippen LogP contribution in [0.25, 0.3) is 0 Å². The van der Waals surface area contributed by atoms with E-state index < -0.39 is 26.7 Å². The molecule has 0 saturated heterocycles. The number of halogens is 4. The molecule has 0 spiro atoms. The van der Waals surface area contributed by atoms with Crippen molar-refractivity contribution in [1.29, 1.82) is 0 Å². The smallest absolute Gasteiger partial charge is 0.416 e. The lowest BCUT2D eigenvalue weighted by Gasteiger charge is -2.14. The van der Waals surface area contributed by atoms with E-state index in [9.17, 15) is 21.6 Å². The zero-order chi connectivity index (χ0) is 18.9. The molecule has 0 radical (unpaired) electrons. The number of fused-ring (bicyclic) bond motifs is 1. The summed E-state index contributed by atoms with van der Waals surface area (Å²) in [6.07, 6.45) is -4.01. The quantitative estimate of drug-likeness (QED) is 0.823. The lowest BCUT2D eigenvalue weighted by Crippen LogP contribution is -2.15. The topological polar surface area (TPSA) is 64.6 Å². The number of hydrogen-bond acceptors (Lipinski definition) is 4. The predicted octanol–water partition coefficient (Wildman–Crippen LogP) is 4.32. The Labute approximate surface area is 152 Å². The van der Waals surface area contributed by atoms with Crippen LogP contribution in [0.5, 0.6) is 11.5 Å². The van der Waals surface area contributed by atoms with E-state index in [-0.39, 0.29) is 10.7 Å². The Bertz CT molecular complexity index is 932. The first kappa shape index (κ1) is 18.7. The van der Waals surface area contributed by atoms with E-state index in [4.69, 9.17) is 21.1 Å². The molecule has 2 aromatic carbocycles. The van der Waals surface area contributed by atoms with Crippen molar-refractivity contribution < 1.29 is 31.1 Å². The van der Waals surface area contributed by atoms with Crippen LogP contribution in [0.1, 0.15) is 12.0 Å². The van der Waals surface area contributed by atoms with Crippen molar-refractivity contribution in [2.45, 2.75) is 17.5 Å². The van der Waals surface area contributed by atoms with E-state index >= 15 is 0 Å². The minimum absolute atomic E-state index is 0.114. The molecule has 0 atom stereocenters. The molecule has 0 saturated carbocycles. The normalized spacial score (nSPS) is 14.6. The van der Waals surface area contributed by atoms with E-state index in [2.05, 4.69) is 4.72 Å². The summed E-state index contributed by atoms with van der Waals surface area (Å²) in [5.74, 6) is 0.806. The van der Waals surface area contributed by atoms with Gasteiger partial charge in [0, 0.05) is 12.5 Å². The summed E-state index contributed by atoms with van der Waals surface area (Å²) in [7, 11) is -4.34. The highest BCUT2D eigenvalue weighted by Gasteiger charge is 2.32. The lowest BCUT2D eigenvalue weighted by atomic mass is 10.2. The number of nitrogens with one attached hydrogen (secondary N) is 1. The summed E-state index contributed by atoms with van der Waals surface area (Å²) in [5, 5.41) is -0.320. The molecule has 0 unspecified atom stereocenters. The highest BCUT2D eigenvalue weighted by Crippen LogP contribution is 2.36. The zero-order valence-electron chi connectivity index (χ0n) is 13.1. The van der Waals surface area contributed by atoms with Gasteiger partial charge in [-0.1, -0.05) is 11.6 Å². The summed E-state index contributed by atoms with van der Waals surface area (Å²) in [6, 6.07) is 6.45. The molecular weight excluding hydrogens is 395 g/mol. The van der Waals surface area contributed by atoms with Gasteiger partial charge in [-0.3, -0.25) is 4.72 Å². The molecule has 1 aliphatic rings. The summed E-state index contributed by atoms with van der Waals surface area (Å²) in [5.41, 5.74) is -0.997. The molecule has 0 amide bonds. The Kier molecular flexibility index (Phi) is 4.94. The Hall–Kier alpha value is -2.13. The van der Waals surface area contributed by atoms with Gasteiger partial charge in [-0.05, 0) is 30.3 Å². The SMILES string of the molecule is O=S(=O)(Nc1ccc2c(c1)OCCCO2)c1cc(C(F)(F)F)ccc1Cl. The Morgan fingerprint density at radius 2 is 1.69 bits per heavy atom. The van der Waals surface area contributed by atoms with Crippen molar-refractivity contribution in [3.63, 3.8) is 0 Å². The number of sulfonamides is 1. The maximum Gasteiger partial charge on any atom is 0.416 e. The minimum Gasteiger partial charge on any atom is -0.490 e. The summed E-state index contributed by atoms with van der Waals surface area (Å²) < 4.78 is 76.7. The Morgan fingerprint density at radius 1 is 1.00 bits per heavy atom. The molecule has 0 aromatic heterocycles. The van der Waals surface area contributed by atoms with E-state index in [1.165, 1.54) is 18.2 Å². The molecule has 140 valence electrons. The predicted molar refractivity (Wildman–Crippen MR) is 89.3 cm³/mol. The van der Waals surface area contributed by atoms with Gasteiger partial charge in [-0.15, -0.1) is 0 Å². The monoisotopic (exact) mass is 407 g/mol. The third-order valence-corrected chi connectivity index (χ3v) is 5.41. The molecule has 0 aliphatic carbocycles. The fourth-order valence-corrected chi connectivity index (χ4v) is 3.90. The average molecular weight is 408 g/mol. The van der Waals surface area contributed by atoms with Gasteiger partial charge in [0.05, 0.1) is 29.5 Å². The second kappa shape index (κ2) is 6.88. The molecule has 3 rings (SSSR count). The van der Waals surface area contributed by atoms with Gasteiger partial charge in [0.2, 0.25) is 0 Å². The highest BCUT2D eigenvalue weighted by atomic mass is 35.5. The third kappa shape index (κ3) is 3.99. The summed E-state index contributed by atoms with van der Waals surface area (Å²) in [4.78, 5) is -0.666. The average Bonchev–Trinajstić information content (AvgIpc) is 2.78. The first-order valence-electron chi connectivity index (χ1n) is 7.46. The van der Waals surface area contributed by atoms with Crippen LogP contribution in [-0.2, 0) is 16.2 Å². The molecule has 26 heavy (non-hydrogen) atoms. The number of ether oxygens (including phenoxy) is 2. The first-order valence-corrected chi connectivity index (χ1v) is 9.32. The van der Waals surface area contributed by atoms with Crippen LogP contribution in [0.2, 0.25) is 5.02 Å². The van der Waals surface area contributed by atoms with Crippen LogP contribution in [0.3, 0.4) is 0 Å². The number of hydrogen-bond donors (Lipinski definition) is 1. The minimum atomic E-state index is -4.69. The van der Waals surface area contributed by atoms with Gasteiger partial charge < -0.3 is 9.47 Å². The van der Waals surface area contributed by atoms with Crippen molar-refractivity contribution in [3.05, 3.63) is 47.0 Å². The van der Waals surface area contributed by atoms with Crippen molar-refractivity contribution in [1.82, 2.24) is 0 Å². The number of rotatable bonds is 3. The fraction of sp³-hybridized carbons (Fsp3) is 0.250. The van der Waals surface area contributed by atoms with Gasteiger partial charge in [0.1, 0.15) is 4.90 Å². The molecule has 10 heteroatoms. The van der Waals surface area contributed by atoms with Crippen LogP contribution in [0.15, 0.2) is 41.3 Å². The van der Waals surface area contributed by atoms with Crippen LogP contribution in [0.4, 0.5) is 18.9 Å². The standard InChI is InChI=1S/C16H13ClF3NO4S/c17-12-4-2-10(16(18,19)20)8-15(12)26(22,23)21-11-3-5-13-14(9-11)25-7-1-6-24-13/h2-5,8-9,21H,1,6-7H2. The number of benzene rings is 2. The van der Waals surface area contributed by atoms with Crippen LogP contribution in [0, 0.1) is 0 Å². The molecule has 1 heterocycles. The van der Waals surface area contributed by atoms with Gasteiger partial charge in [0.25, 0.3) is 10.0 Å². The summed E-state index contributed by atoms with van der Waals surface area (Å²) in [6.45, 7) is 0.876. The van der Waals surface area contributed by atoms with Crippen molar-refractivity contribution in [2.75, 3.05) is 17.9 Å². The zero-order valence-corrected chi connectivity index (χ0v) is 14.7. The van der Waals surface area contributed by atoms with E-state index in [0.717, 1.165) is 12.1 Å². The number of anilines is 1. The van der Waals surface area contributed by atoms with E-state index in [1.54, 1.807) is 0 Å².